The molecule has 0 radical (unpaired) electrons. The third-order valence-corrected chi connectivity index (χ3v) is 6.29. The van der Waals surface area contributed by atoms with Gasteiger partial charge in [0.25, 0.3) is 0 Å². The number of hydrogen-bond acceptors (Lipinski definition) is 4. The van der Waals surface area contributed by atoms with Gasteiger partial charge in [-0.3, -0.25) is 14.4 Å². The largest absolute Gasteiger partial charge is 0.497 e. The standard InChI is InChI=1S/C24H23ClN2O4/c1-13-3-6-16(11-19(13)25)26-24(30)18-12-22(29)27-20-9-15(10-21(28)23(18)20)14-4-7-17(31-2)8-5-14/h3-8,11,15,18H,9-10,12H2,1-2H3,(H,26,30)(H,27,29)/t15-,18+/m1/s1. The van der Waals surface area contributed by atoms with Crippen LogP contribution in [-0.2, 0) is 14.4 Å². The third kappa shape index (κ3) is 4.35. The van der Waals surface area contributed by atoms with Crippen molar-refractivity contribution in [2.75, 3.05) is 12.4 Å². The summed E-state index contributed by atoms with van der Waals surface area (Å²) in [5, 5.41) is 6.17. The molecule has 4 rings (SSSR count). The zero-order valence-electron chi connectivity index (χ0n) is 17.3. The number of nitrogens with one attached hydrogen (secondary N) is 2. The Bertz CT molecular complexity index is 1090. The predicted octanol–water partition coefficient (Wildman–Crippen LogP) is 4.13. The monoisotopic (exact) mass is 438 g/mol. The van der Waals surface area contributed by atoms with Crippen molar-refractivity contribution in [3.63, 3.8) is 0 Å². The number of ketones is 1. The number of allylic oxidation sites excluding steroid dienone is 1. The number of aryl methyl sites for hydroxylation is 1. The van der Waals surface area contributed by atoms with E-state index in [-0.39, 0.29) is 29.9 Å². The molecule has 2 N–H and O–H groups in total. The van der Waals surface area contributed by atoms with E-state index < -0.39 is 5.92 Å². The molecular formula is C24H23ClN2O4. The summed E-state index contributed by atoms with van der Waals surface area (Å²) in [6.45, 7) is 1.87. The van der Waals surface area contributed by atoms with Crippen molar-refractivity contribution in [2.45, 2.75) is 32.1 Å². The van der Waals surface area contributed by atoms with E-state index in [1.165, 1.54) is 0 Å². The maximum Gasteiger partial charge on any atom is 0.232 e. The van der Waals surface area contributed by atoms with Gasteiger partial charge in [-0.25, -0.2) is 0 Å². The minimum Gasteiger partial charge on any atom is -0.497 e. The van der Waals surface area contributed by atoms with Gasteiger partial charge in [0, 0.05) is 34.8 Å². The molecule has 7 heteroatoms. The summed E-state index contributed by atoms with van der Waals surface area (Å²) in [5.41, 5.74) is 3.40. The van der Waals surface area contributed by atoms with E-state index >= 15 is 0 Å². The molecule has 2 amide bonds. The molecule has 0 saturated heterocycles. The molecule has 1 heterocycles. The number of methoxy groups -OCH3 is 1. The number of carbonyl (C=O) groups is 3. The van der Waals surface area contributed by atoms with Gasteiger partial charge < -0.3 is 15.4 Å². The number of Topliss-reactive ketones (excluding diaryl/α,β-unsaturated/α-hetero) is 1. The van der Waals surface area contributed by atoms with Crippen LogP contribution in [-0.4, -0.2) is 24.7 Å². The molecular weight excluding hydrogens is 416 g/mol. The van der Waals surface area contributed by atoms with Crippen LogP contribution in [0, 0.1) is 12.8 Å². The fourth-order valence-corrected chi connectivity index (χ4v) is 4.38. The highest BCUT2D eigenvalue weighted by molar-refractivity contribution is 6.31. The van der Waals surface area contributed by atoms with Crippen LogP contribution in [0.5, 0.6) is 5.75 Å². The highest BCUT2D eigenvalue weighted by atomic mass is 35.5. The molecule has 2 aromatic rings. The number of ether oxygens (including phenoxy) is 1. The first-order chi connectivity index (χ1) is 14.9. The Labute approximate surface area is 185 Å². The zero-order chi connectivity index (χ0) is 22.1. The zero-order valence-corrected chi connectivity index (χ0v) is 18.1. The van der Waals surface area contributed by atoms with E-state index in [1.807, 2.05) is 31.2 Å². The molecule has 2 atom stereocenters. The molecule has 2 aliphatic rings. The highest BCUT2D eigenvalue weighted by Crippen LogP contribution is 2.39. The smallest absolute Gasteiger partial charge is 0.232 e. The van der Waals surface area contributed by atoms with Crippen LogP contribution in [0.3, 0.4) is 0 Å². The molecule has 160 valence electrons. The first-order valence-corrected chi connectivity index (χ1v) is 10.5. The topological polar surface area (TPSA) is 84.5 Å². The highest BCUT2D eigenvalue weighted by Gasteiger charge is 2.40. The summed E-state index contributed by atoms with van der Waals surface area (Å²) >= 11 is 6.15. The van der Waals surface area contributed by atoms with Gasteiger partial charge >= 0.3 is 0 Å². The SMILES string of the molecule is COc1ccc([C@H]2CC(=O)C3=C(C2)NC(=O)C[C@@H]3C(=O)Nc2ccc(C)c(Cl)c2)cc1. The van der Waals surface area contributed by atoms with Crippen molar-refractivity contribution in [3.05, 3.63) is 69.9 Å². The van der Waals surface area contributed by atoms with Crippen molar-refractivity contribution in [1.82, 2.24) is 5.32 Å². The number of amides is 2. The van der Waals surface area contributed by atoms with E-state index in [0.29, 0.717) is 34.8 Å². The molecule has 0 aromatic heterocycles. The molecule has 0 fully saturated rings. The normalized spacial score (nSPS) is 20.7. The number of hydrogen-bond donors (Lipinski definition) is 2. The molecule has 31 heavy (non-hydrogen) atoms. The number of anilines is 1. The maximum atomic E-state index is 13.1. The summed E-state index contributed by atoms with van der Waals surface area (Å²) in [6, 6.07) is 12.8. The van der Waals surface area contributed by atoms with Gasteiger partial charge in [-0.2, -0.15) is 0 Å². The van der Waals surface area contributed by atoms with Crippen molar-refractivity contribution in [3.8, 4) is 5.75 Å². The van der Waals surface area contributed by atoms with E-state index in [2.05, 4.69) is 10.6 Å². The molecule has 0 saturated carbocycles. The van der Waals surface area contributed by atoms with Gasteiger partial charge in [-0.05, 0) is 54.7 Å². The van der Waals surface area contributed by atoms with Gasteiger partial charge in [0.05, 0.1) is 13.0 Å². The third-order valence-electron chi connectivity index (χ3n) is 5.88. The quantitative estimate of drug-likeness (QED) is 0.751. The van der Waals surface area contributed by atoms with E-state index in [9.17, 15) is 14.4 Å². The second kappa shape index (κ2) is 8.55. The second-order valence-electron chi connectivity index (χ2n) is 7.95. The van der Waals surface area contributed by atoms with Crippen molar-refractivity contribution < 1.29 is 19.1 Å². The lowest BCUT2D eigenvalue weighted by atomic mass is 9.75. The molecule has 1 aliphatic heterocycles. The molecule has 0 spiro atoms. The molecule has 6 nitrogen and oxygen atoms in total. The van der Waals surface area contributed by atoms with Crippen LogP contribution in [0.15, 0.2) is 53.7 Å². The average molecular weight is 439 g/mol. The van der Waals surface area contributed by atoms with E-state index in [4.69, 9.17) is 16.3 Å². The Morgan fingerprint density at radius 2 is 1.84 bits per heavy atom. The van der Waals surface area contributed by atoms with Crippen molar-refractivity contribution in [1.29, 1.82) is 0 Å². The molecule has 1 aliphatic carbocycles. The Balaban J connectivity index is 1.58. The Kier molecular flexibility index (Phi) is 5.83. The van der Waals surface area contributed by atoms with Crippen LogP contribution in [0.25, 0.3) is 0 Å². The average Bonchev–Trinajstić information content (AvgIpc) is 2.75. The van der Waals surface area contributed by atoms with E-state index in [0.717, 1.165) is 16.9 Å². The lowest BCUT2D eigenvalue weighted by molar-refractivity contribution is -0.129. The Morgan fingerprint density at radius 3 is 2.52 bits per heavy atom. The summed E-state index contributed by atoms with van der Waals surface area (Å²) in [4.78, 5) is 38.4. The lowest BCUT2D eigenvalue weighted by Crippen LogP contribution is -2.43. The van der Waals surface area contributed by atoms with Crippen LogP contribution in [0.4, 0.5) is 5.69 Å². The fourth-order valence-electron chi connectivity index (χ4n) is 4.20. The first kappa shape index (κ1) is 21.1. The summed E-state index contributed by atoms with van der Waals surface area (Å²) < 4.78 is 5.19. The summed E-state index contributed by atoms with van der Waals surface area (Å²) in [5.74, 6) is -0.875. The second-order valence-corrected chi connectivity index (χ2v) is 8.36. The Morgan fingerprint density at radius 1 is 1.10 bits per heavy atom. The predicted molar refractivity (Wildman–Crippen MR) is 118 cm³/mol. The minimum absolute atomic E-state index is 0.0524. The van der Waals surface area contributed by atoms with Gasteiger partial charge in [-0.15, -0.1) is 0 Å². The summed E-state index contributed by atoms with van der Waals surface area (Å²) in [6.07, 6.45) is 0.740. The van der Waals surface area contributed by atoms with Crippen molar-refractivity contribution >= 4 is 34.9 Å². The van der Waals surface area contributed by atoms with Crippen LogP contribution >= 0.6 is 11.6 Å². The molecule has 0 unspecified atom stereocenters. The van der Waals surface area contributed by atoms with Gasteiger partial charge in [-0.1, -0.05) is 29.8 Å². The van der Waals surface area contributed by atoms with Crippen LogP contribution in [0.1, 0.15) is 36.3 Å². The molecule has 2 aromatic carbocycles. The van der Waals surface area contributed by atoms with Crippen LogP contribution in [0.2, 0.25) is 5.02 Å². The first-order valence-electron chi connectivity index (χ1n) is 10.1. The number of halogens is 1. The maximum absolute atomic E-state index is 13.1. The fraction of sp³-hybridized carbons (Fsp3) is 0.292. The number of carbonyl (C=O) groups excluding carboxylic acids is 3. The Hall–Kier alpha value is -3.12. The van der Waals surface area contributed by atoms with Crippen LogP contribution < -0.4 is 15.4 Å². The number of benzene rings is 2. The van der Waals surface area contributed by atoms with Gasteiger partial charge in [0.15, 0.2) is 5.78 Å². The van der Waals surface area contributed by atoms with Crippen molar-refractivity contribution in [2.24, 2.45) is 5.92 Å². The lowest BCUT2D eigenvalue weighted by Gasteiger charge is -2.33. The number of rotatable bonds is 4. The minimum atomic E-state index is -0.812. The van der Waals surface area contributed by atoms with E-state index in [1.54, 1.807) is 25.3 Å². The van der Waals surface area contributed by atoms with Gasteiger partial charge in [0.1, 0.15) is 5.75 Å². The summed E-state index contributed by atoms with van der Waals surface area (Å²) in [7, 11) is 1.60. The molecule has 0 bridgehead atoms. The van der Waals surface area contributed by atoms with Gasteiger partial charge in [0.2, 0.25) is 11.8 Å².